The minimum atomic E-state index is -1.14. The molecule has 1 aromatic carbocycles. The van der Waals surface area contributed by atoms with E-state index >= 15 is 0 Å². The van der Waals surface area contributed by atoms with Crippen LogP contribution in [0.3, 0.4) is 0 Å². The first-order valence-electron chi connectivity index (χ1n) is 6.56. The number of fused-ring (bicyclic) bond motifs is 1. The summed E-state index contributed by atoms with van der Waals surface area (Å²) in [5.74, 6) is -2.44. The highest BCUT2D eigenvalue weighted by molar-refractivity contribution is 14.1. The predicted octanol–water partition coefficient (Wildman–Crippen LogP) is 2.45. The summed E-state index contributed by atoms with van der Waals surface area (Å²) in [5, 5.41) is 9.32. The predicted molar refractivity (Wildman–Crippen MR) is 84.0 cm³/mol. The Bertz CT molecular complexity index is 656. The molecule has 108 valence electrons. The number of amides is 2. The lowest BCUT2D eigenvalue weighted by Crippen LogP contribution is -2.32. The van der Waals surface area contributed by atoms with Crippen molar-refractivity contribution >= 4 is 46.1 Å². The van der Waals surface area contributed by atoms with Gasteiger partial charge in [-0.2, -0.15) is 0 Å². The van der Waals surface area contributed by atoms with Crippen LogP contribution in [0.15, 0.2) is 30.4 Å². The third-order valence-electron chi connectivity index (χ3n) is 3.94. The molecule has 5 nitrogen and oxygen atoms in total. The monoisotopic (exact) mass is 397 g/mol. The zero-order chi connectivity index (χ0) is 15.1. The SMILES string of the molecule is O=C(O)c1cc(I)ccc1N1C(=O)C2CC=CCC2C1=O. The fraction of sp³-hybridized carbons (Fsp3) is 0.267. The largest absolute Gasteiger partial charge is 0.478 e. The minimum Gasteiger partial charge on any atom is -0.478 e. The van der Waals surface area contributed by atoms with Crippen LogP contribution in [0.25, 0.3) is 0 Å². The summed E-state index contributed by atoms with van der Waals surface area (Å²) in [6.45, 7) is 0. The number of carboxylic acid groups (broad SMARTS) is 1. The van der Waals surface area contributed by atoms with Crippen molar-refractivity contribution in [3.63, 3.8) is 0 Å². The molecule has 6 heteroatoms. The van der Waals surface area contributed by atoms with E-state index in [9.17, 15) is 19.5 Å². The van der Waals surface area contributed by atoms with E-state index in [1.807, 2.05) is 34.7 Å². The van der Waals surface area contributed by atoms with Crippen molar-refractivity contribution in [2.24, 2.45) is 11.8 Å². The van der Waals surface area contributed by atoms with Crippen LogP contribution in [0.1, 0.15) is 23.2 Å². The molecule has 1 aliphatic carbocycles. The van der Waals surface area contributed by atoms with Gasteiger partial charge in [0.25, 0.3) is 0 Å². The summed E-state index contributed by atoms with van der Waals surface area (Å²) in [5.41, 5.74) is 0.155. The Morgan fingerprint density at radius 2 is 1.71 bits per heavy atom. The van der Waals surface area contributed by atoms with Gasteiger partial charge in [0.1, 0.15) is 0 Å². The Hall–Kier alpha value is -1.70. The second-order valence-electron chi connectivity index (χ2n) is 5.13. The lowest BCUT2D eigenvalue weighted by atomic mass is 9.85. The molecule has 2 aliphatic rings. The van der Waals surface area contributed by atoms with Gasteiger partial charge in [0.15, 0.2) is 0 Å². The van der Waals surface area contributed by atoms with Gasteiger partial charge in [-0.3, -0.25) is 9.59 Å². The standard InChI is InChI=1S/C15H12INO4/c16-8-5-6-12(11(7-8)15(20)21)17-13(18)9-3-1-2-4-10(9)14(17)19/h1-2,5-7,9-10H,3-4H2,(H,20,21). The molecule has 0 radical (unpaired) electrons. The van der Waals surface area contributed by atoms with E-state index in [1.165, 1.54) is 12.1 Å². The van der Waals surface area contributed by atoms with Gasteiger partial charge >= 0.3 is 5.97 Å². The molecule has 2 unspecified atom stereocenters. The minimum absolute atomic E-state index is 0.0183. The lowest BCUT2D eigenvalue weighted by molar-refractivity contribution is -0.122. The fourth-order valence-corrected chi connectivity index (χ4v) is 3.40. The normalized spacial score (nSPS) is 24.3. The van der Waals surface area contributed by atoms with E-state index in [-0.39, 0.29) is 34.9 Å². The van der Waals surface area contributed by atoms with Crippen LogP contribution < -0.4 is 4.90 Å². The number of carboxylic acids is 1. The highest BCUT2D eigenvalue weighted by Gasteiger charge is 2.48. The van der Waals surface area contributed by atoms with Gasteiger partial charge in [-0.05, 0) is 53.6 Å². The molecule has 1 N–H and O–H groups in total. The average Bonchev–Trinajstić information content (AvgIpc) is 2.72. The van der Waals surface area contributed by atoms with Crippen molar-refractivity contribution in [2.45, 2.75) is 12.8 Å². The van der Waals surface area contributed by atoms with E-state index in [0.29, 0.717) is 12.8 Å². The molecular weight excluding hydrogens is 385 g/mol. The van der Waals surface area contributed by atoms with E-state index in [0.717, 1.165) is 8.47 Å². The van der Waals surface area contributed by atoms with E-state index in [4.69, 9.17) is 0 Å². The molecule has 21 heavy (non-hydrogen) atoms. The number of rotatable bonds is 2. The number of hydrogen-bond donors (Lipinski definition) is 1. The zero-order valence-corrected chi connectivity index (χ0v) is 13.1. The molecule has 2 amide bonds. The third kappa shape index (κ3) is 2.27. The van der Waals surface area contributed by atoms with Gasteiger partial charge in [-0.25, -0.2) is 9.69 Å². The smallest absolute Gasteiger partial charge is 0.337 e. The van der Waals surface area contributed by atoms with E-state index < -0.39 is 5.97 Å². The summed E-state index contributed by atoms with van der Waals surface area (Å²) in [6, 6.07) is 4.70. The van der Waals surface area contributed by atoms with Gasteiger partial charge < -0.3 is 5.11 Å². The number of halogens is 1. The summed E-state index contributed by atoms with van der Waals surface area (Å²) >= 11 is 2.00. The molecule has 1 saturated heterocycles. The third-order valence-corrected chi connectivity index (χ3v) is 4.61. The molecule has 2 atom stereocenters. The highest BCUT2D eigenvalue weighted by Crippen LogP contribution is 2.38. The molecule has 0 saturated carbocycles. The first-order valence-corrected chi connectivity index (χ1v) is 7.64. The summed E-state index contributed by atoms with van der Waals surface area (Å²) in [4.78, 5) is 37.4. The van der Waals surface area contributed by atoms with Gasteiger partial charge in [0, 0.05) is 3.57 Å². The van der Waals surface area contributed by atoms with Crippen molar-refractivity contribution in [1.29, 1.82) is 0 Å². The summed E-state index contributed by atoms with van der Waals surface area (Å²) < 4.78 is 0.743. The van der Waals surface area contributed by atoms with E-state index in [2.05, 4.69) is 0 Å². The fourth-order valence-electron chi connectivity index (χ4n) is 2.91. The number of allylic oxidation sites excluding steroid dienone is 2. The zero-order valence-electron chi connectivity index (χ0n) is 11.0. The molecule has 1 aromatic rings. The number of hydrogen-bond acceptors (Lipinski definition) is 3. The Morgan fingerprint density at radius 1 is 1.14 bits per heavy atom. The molecule has 1 heterocycles. The molecule has 0 aromatic heterocycles. The Morgan fingerprint density at radius 3 is 2.24 bits per heavy atom. The average molecular weight is 397 g/mol. The number of imide groups is 1. The van der Waals surface area contributed by atoms with Crippen molar-refractivity contribution in [1.82, 2.24) is 0 Å². The number of nitrogens with zero attached hydrogens (tertiary/aromatic N) is 1. The maximum Gasteiger partial charge on any atom is 0.337 e. The van der Waals surface area contributed by atoms with Gasteiger partial charge in [-0.1, -0.05) is 12.2 Å². The Labute approximate surface area is 134 Å². The second kappa shape index (κ2) is 5.25. The Kier molecular flexibility index (Phi) is 3.56. The van der Waals surface area contributed by atoms with Crippen LogP contribution in [0.5, 0.6) is 0 Å². The quantitative estimate of drug-likeness (QED) is 0.473. The molecular formula is C15H12INO4. The molecule has 3 rings (SSSR count). The number of carbonyl (C=O) groups excluding carboxylic acids is 2. The van der Waals surface area contributed by atoms with Crippen LogP contribution in [0.4, 0.5) is 5.69 Å². The van der Waals surface area contributed by atoms with Crippen molar-refractivity contribution < 1.29 is 19.5 Å². The second-order valence-corrected chi connectivity index (χ2v) is 6.38. The Balaban J connectivity index is 2.07. The van der Waals surface area contributed by atoms with Crippen LogP contribution >= 0.6 is 22.6 Å². The summed E-state index contributed by atoms with van der Waals surface area (Å²) in [6.07, 6.45) is 4.89. The number of aromatic carboxylic acids is 1. The molecule has 1 fully saturated rings. The van der Waals surface area contributed by atoms with Crippen LogP contribution in [0.2, 0.25) is 0 Å². The van der Waals surface area contributed by atoms with Gasteiger partial charge in [0.05, 0.1) is 23.1 Å². The highest BCUT2D eigenvalue weighted by atomic mass is 127. The van der Waals surface area contributed by atoms with Crippen LogP contribution in [-0.2, 0) is 9.59 Å². The molecule has 1 aliphatic heterocycles. The van der Waals surface area contributed by atoms with Crippen molar-refractivity contribution in [3.05, 3.63) is 39.5 Å². The molecule has 0 spiro atoms. The first kappa shape index (κ1) is 14.2. The van der Waals surface area contributed by atoms with Crippen LogP contribution in [0, 0.1) is 15.4 Å². The topological polar surface area (TPSA) is 74.7 Å². The van der Waals surface area contributed by atoms with Crippen molar-refractivity contribution in [3.8, 4) is 0 Å². The summed E-state index contributed by atoms with van der Waals surface area (Å²) in [7, 11) is 0. The van der Waals surface area contributed by atoms with Crippen LogP contribution in [-0.4, -0.2) is 22.9 Å². The lowest BCUT2D eigenvalue weighted by Gasteiger charge is -2.17. The first-order chi connectivity index (χ1) is 10.0. The molecule has 0 bridgehead atoms. The maximum absolute atomic E-state index is 12.5. The number of carbonyl (C=O) groups is 3. The van der Waals surface area contributed by atoms with E-state index in [1.54, 1.807) is 6.07 Å². The van der Waals surface area contributed by atoms with Gasteiger partial charge in [-0.15, -0.1) is 0 Å². The van der Waals surface area contributed by atoms with Crippen molar-refractivity contribution in [2.75, 3.05) is 4.90 Å². The number of anilines is 1. The maximum atomic E-state index is 12.5. The number of benzene rings is 1. The van der Waals surface area contributed by atoms with Gasteiger partial charge in [0.2, 0.25) is 11.8 Å².